The van der Waals surface area contributed by atoms with Crippen LogP contribution in [0.15, 0.2) is 30.3 Å². The number of hydrogen-bond donors (Lipinski definition) is 2. The van der Waals surface area contributed by atoms with Gasteiger partial charge in [0.1, 0.15) is 5.54 Å². The lowest BCUT2D eigenvalue weighted by Gasteiger charge is -2.22. The van der Waals surface area contributed by atoms with E-state index >= 15 is 0 Å². The number of imide groups is 1. The van der Waals surface area contributed by atoms with Crippen LogP contribution < -0.4 is 10.7 Å². The number of nitrogens with one attached hydrogen (secondary N) is 2. The third-order valence-electron chi connectivity index (χ3n) is 4.49. The highest BCUT2D eigenvalue weighted by atomic mass is 16.2. The molecule has 0 bridgehead atoms. The van der Waals surface area contributed by atoms with Gasteiger partial charge >= 0.3 is 6.03 Å². The van der Waals surface area contributed by atoms with Crippen molar-refractivity contribution in [1.29, 1.82) is 0 Å². The van der Waals surface area contributed by atoms with Crippen LogP contribution in [-0.4, -0.2) is 22.9 Å². The molecule has 1 saturated heterocycles. The topological polar surface area (TPSA) is 78.5 Å². The lowest BCUT2D eigenvalue weighted by Crippen LogP contribution is -2.49. The smallest absolute Gasteiger partial charge is 0.318 e. The largest absolute Gasteiger partial charge is 0.344 e. The van der Waals surface area contributed by atoms with Crippen LogP contribution in [0.3, 0.4) is 0 Å². The molecule has 22 heavy (non-hydrogen) atoms. The number of carbonyl (C=O) groups is 3. The van der Waals surface area contributed by atoms with Crippen LogP contribution in [0.4, 0.5) is 4.79 Å². The van der Waals surface area contributed by atoms with E-state index in [9.17, 15) is 14.4 Å². The normalized spacial score (nSPS) is 25.4. The molecule has 6 heteroatoms. The first-order valence-electron chi connectivity index (χ1n) is 7.55. The maximum atomic E-state index is 12.6. The van der Waals surface area contributed by atoms with Gasteiger partial charge in [-0.25, -0.2) is 4.79 Å². The number of hydrazine groups is 1. The van der Waals surface area contributed by atoms with Crippen LogP contribution in [-0.2, 0) is 15.1 Å². The fraction of sp³-hybridized carbons (Fsp3) is 0.438. The zero-order valence-corrected chi connectivity index (χ0v) is 12.5. The van der Waals surface area contributed by atoms with Crippen molar-refractivity contribution in [3.63, 3.8) is 0 Å². The van der Waals surface area contributed by atoms with Crippen molar-refractivity contribution in [3.8, 4) is 0 Å². The minimum atomic E-state index is -1.15. The van der Waals surface area contributed by atoms with Gasteiger partial charge in [0.15, 0.2) is 0 Å². The molecular weight excluding hydrogens is 282 g/mol. The predicted octanol–water partition coefficient (Wildman–Crippen LogP) is 1.68. The van der Waals surface area contributed by atoms with Crippen LogP contribution in [0.2, 0.25) is 0 Å². The molecule has 6 nitrogen and oxygen atoms in total. The predicted molar refractivity (Wildman–Crippen MR) is 79.3 cm³/mol. The molecule has 1 aromatic rings. The van der Waals surface area contributed by atoms with Crippen LogP contribution in [0.1, 0.15) is 38.2 Å². The SMILES string of the molecule is C[C@@]1(c2ccccc2)NC(=O)N(NC(=O)C2CCCC2)C1=O. The number of hydrogen-bond acceptors (Lipinski definition) is 3. The minimum absolute atomic E-state index is 0.107. The van der Waals surface area contributed by atoms with Crippen molar-refractivity contribution in [2.24, 2.45) is 5.92 Å². The molecule has 3 rings (SSSR count). The molecule has 1 aliphatic heterocycles. The highest BCUT2D eigenvalue weighted by Gasteiger charge is 2.50. The second-order valence-corrected chi connectivity index (χ2v) is 6.02. The van der Waals surface area contributed by atoms with Gasteiger partial charge < -0.3 is 5.32 Å². The Bertz CT molecular complexity index is 610. The average Bonchev–Trinajstić information content (AvgIpc) is 3.12. The molecular formula is C16H19N3O3. The molecule has 0 unspecified atom stereocenters. The third kappa shape index (κ3) is 2.34. The molecule has 0 aromatic heterocycles. The number of amides is 4. The molecule has 1 aliphatic carbocycles. The van der Waals surface area contributed by atoms with Gasteiger partial charge in [-0.05, 0) is 25.3 Å². The van der Waals surface area contributed by atoms with Crippen LogP contribution in [0.5, 0.6) is 0 Å². The summed E-state index contributed by atoms with van der Waals surface area (Å²) in [5.41, 5.74) is 2.01. The van der Waals surface area contributed by atoms with Crippen molar-refractivity contribution >= 4 is 17.8 Å². The van der Waals surface area contributed by atoms with Crippen LogP contribution in [0, 0.1) is 5.92 Å². The van der Waals surface area contributed by atoms with E-state index in [4.69, 9.17) is 0 Å². The Hall–Kier alpha value is -2.37. The van der Waals surface area contributed by atoms with Crippen molar-refractivity contribution in [3.05, 3.63) is 35.9 Å². The summed E-state index contributed by atoms with van der Waals surface area (Å²) in [6.45, 7) is 1.64. The summed E-state index contributed by atoms with van der Waals surface area (Å²) in [6, 6.07) is 8.41. The maximum Gasteiger partial charge on any atom is 0.344 e. The highest BCUT2D eigenvalue weighted by molar-refractivity contribution is 6.08. The molecule has 1 atom stereocenters. The van der Waals surface area contributed by atoms with E-state index in [1.54, 1.807) is 31.2 Å². The van der Waals surface area contributed by atoms with E-state index in [0.717, 1.165) is 30.7 Å². The Balaban J connectivity index is 1.78. The molecule has 1 heterocycles. The van der Waals surface area contributed by atoms with Gasteiger partial charge in [0.25, 0.3) is 5.91 Å². The van der Waals surface area contributed by atoms with E-state index in [2.05, 4.69) is 10.7 Å². The number of nitrogens with zero attached hydrogens (tertiary/aromatic N) is 1. The quantitative estimate of drug-likeness (QED) is 0.834. The fourth-order valence-corrected chi connectivity index (χ4v) is 3.10. The second-order valence-electron chi connectivity index (χ2n) is 6.02. The Morgan fingerprint density at radius 2 is 1.86 bits per heavy atom. The monoisotopic (exact) mass is 301 g/mol. The van der Waals surface area contributed by atoms with Crippen molar-refractivity contribution in [1.82, 2.24) is 15.8 Å². The standard InChI is InChI=1S/C16H19N3O3/c1-16(12-9-3-2-4-10-12)14(21)19(15(22)17-16)18-13(20)11-7-5-6-8-11/h2-4,9-11H,5-8H2,1H3,(H,17,22)(H,18,20)/t16-/m0/s1. The van der Waals surface area contributed by atoms with Crippen molar-refractivity contribution in [2.75, 3.05) is 0 Å². The van der Waals surface area contributed by atoms with Crippen LogP contribution >= 0.6 is 0 Å². The van der Waals surface area contributed by atoms with E-state index in [1.165, 1.54) is 0 Å². The molecule has 4 amide bonds. The summed E-state index contributed by atoms with van der Waals surface area (Å²) >= 11 is 0. The lowest BCUT2D eigenvalue weighted by molar-refractivity contribution is -0.140. The summed E-state index contributed by atoms with van der Waals surface area (Å²) < 4.78 is 0. The van der Waals surface area contributed by atoms with Gasteiger partial charge in [0.05, 0.1) is 0 Å². The molecule has 2 fully saturated rings. The summed E-state index contributed by atoms with van der Waals surface area (Å²) in [5, 5.41) is 3.48. The third-order valence-corrected chi connectivity index (χ3v) is 4.49. The highest BCUT2D eigenvalue weighted by Crippen LogP contribution is 2.29. The molecule has 1 saturated carbocycles. The van der Waals surface area contributed by atoms with E-state index in [1.807, 2.05) is 6.07 Å². The molecule has 0 spiro atoms. The summed E-state index contributed by atoms with van der Waals surface area (Å²) in [5.74, 6) is -0.822. The lowest BCUT2D eigenvalue weighted by atomic mass is 9.92. The van der Waals surface area contributed by atoms with Gasteiger partial charge in [-0.2, -0.15) is 5.01 Å². The van der Waals surface area contributed by atoms with E-state index < -0.39 is 17.5 Å². The first kappa shape index (κ1) is 14.6. The summed E-state index contributed by atoms with van der Waals surface area (Å²) in [7, 11) is 0. The Morgan fingerprint density at radius 3 is 2.50 bits per heavy atom. The number of rotatable bonds is 3. The summed E-state index contributed by atoms with van der Waals surface area (Å²) in [4.78, 5) is 36.9. The van der Waals surface area contributed by atoms with Gasteiger partial charge in [0, 0.05) is 5.92 Å². The second kappa shape index (κ2) is 5.44. The van der Waals surface area contributed by atoms with Gasteiger partial charge in [-0.1, -0.05) is 43.2 Å². The van der Waals surface area contributed by atoms with Crippen LogP contribution in [0.25, 0.3) is 0 Å². The van der Waals surface area contributed by atoms with E-state index in [-0.39, 0.29) is 11.8 Å². The first-order chi connectivity index (χ1) is 10.5. The number of urea groups is 1. The molecule has 1 aromatic carbocycles. The van der Waals surface area contributed by atoms with Crippen molar-refractivity contribution < 1.29 is 14.4 Å². The van der Waals surface area contributed by atoms with Gasteiger partial charge in [-0.3, -0.25) is 15.0 Å². The average molecular weight is 301 g/mol. The zero-order chi connectivity index (χ0) is 15.7. The molecule has 0 radical (unpaired) electrons. The molecule has 2 aliphatic rings. The minimum Gasteiger partial charge on any atom is -0.318 e. The fourth-order valence-electron chi connectivity index (χ4n) is 3.10. The summed E-state index contributed by atoms with van der Waals surface area (Å²) in [6.07, 6.45) is 3.65. The zero-order valence-electron chi connectivity index (χ0n) is 12.5. The Kier molecular flexibility index (Phi) is 3.60. The van der Waals surface area contributed by atoms with E-state index in [0.29, 0.717) is 5.56 Å². The van der Waals surface area contributed by atoms with Gasteiger partial charge in [-0.15, -0.1) is 0 Å². The first-order valence-corrected chi connectivity index (χ1v) is 7.55. The number of benzene rings is 1. The Morgan fingerprint density at radius 1 is 1.23 bits per heavy atom. The number of carbonyl (C=O) groups excluding carboxylic acids is 3. The molecule has 116 valence electrons. The van der Waals surface area contributed by atoms with Gasteiger partial charge in [0.2, 0.25) is 5.91 Å². The molecule has 2 N–H and O–H groups in total. The maximum absolute atomic E-state index is 12.6. The van der Waals surface area contributed by atoms with Crippen molar-refractivity contribution in [2.45, 2.75) is 38.1 Å². The Labute approximate surface area is 128 Å².